The van der Waals surface area contributed by atoms with E-state index in [9.17, 15) is 9.59 Å². The molecule has 2 rings (SSSR count). The molecule has 0 aromatic carbocycles. The Bertz CT molecular complexity index is 370. The number of fused-ring (bicyclic) bond motifs is 2. The molecular formula is C13H23N3O3. The lowest BCUT2D eigenvalue weighted by atomic mass is 9.99. The highest BCUT2D eigenvalue weighted by Gasteiger charge is 2.46. The summed E-state index contributed by atoms with van der Waals surface area (Å²) in [6, 6.07) is 0.0541. The third-order valence-corrected chi connectivity index (χ3v) is 3.61. The molecule has 2 fully saturated rings. The molecule has 19 heavy (non-hydrogen) atoms. The molecule has 2 aliphatic heterocycles. The van der Waals surface area contributed by atoms with Gasteiger partial charge < -0.3 is 19.9 Å². The maximum atomic E-state index is 12.1. The highest BCUT2D eigenvalue weighted by atomic mass is 16.5. The largest absolute Gasteiger partial charge is 0.370 e. The molecule has 6 heteroatoms. The van der Waals surface area contributed by atoms with Gasteiger partial charge in [0.15, 0.2) is 0 Å². The van der Waals surface area contributed by atoms with Crippen LogP contribution in [0.5, 0.6) is 0 Å². The zero-order valence-electron chi connectivity index (χ0n) is 12.0. The minimum atomic E-state index is -0.161. The number of carbonyl (C=O) groups excluding carboxylic acids is 2. The van der Waals surface area contributed by atoms with Crippen molar-refractivity contribution in [1.82, 2.24) is 15.1 Å². The van der Waals surface area contributed by atoms with E-state index in [4.69, 9.17) is 4.74 Å². The third kappa shape index (κ3) is 3.00. The van der Waals surface area contributed by atoms with Crippen molar-refractivity contribution in [3.63, 3.8) is 0 Å². The zero-order chi connectivity index (χ0) is 14.2. The molecule has 0 radical (unpaired) electrons. The van der Waals surface area contributed by atoms with Crippen LogP contribution in [0.2, 0.25) is 0 Å². The van der Waals surface area contributed by atoms with E-state index >= 15 is 0 Å². The van der Waals surface area contributed by atoms with Gasteiger partial charge in [0.05, 0.1) is 18.1 Å². The van der Waals surface area contributed by atoms with Gasteiger partial charge in [-0.1, -0.05) is 0 Å². The first kappa shape index (κ1) is 14.1. The van der Waals surface area contributed by atoms with Crippen LogP contribution < -0.4 is 5.32 Å². The maximum absolute atomic E-state index is 12.1. The van der Waals surface area contributed by atoms with Gasteiger partial charge in [0.2, 0.25) is 5.91 Å². The number of hydrogen-bond donors (Lipinski definition) is 1. The predicted molar refractivity (Wildman–Crippen MR) is 70.7 cm³/mol. The Kier molecular flexibility index (Phi) is 3.99. The van der Waals surface area contributed by atoms with E-state index in [-0.39, 0.29) is 36.1 Å². The van der Waals surface area contributed by atoms with Crippen LogP contribution in [0.4, 0.5) is 4.79 Å². The van der Waals surface area contributed by atoms with Crippen molar-refractivity contribution in [1.29, 1.82) is 0 Å². The van der Waals surface area contributed by atoms with Crippen LogP contribution in [0, 0.1) is 5.92 Å². The number of hydrogen-bond acceptors (Lipinski definition) is 3. The van der Waals surface area contributed by atoms with Crippen LogP contribution in [-0.4, -0.2) is 67.2 Å². The highest BCUT2D eigenvalue weighted by Crippen LogP contribution is 2.32. The molecule has 3 amide bonds. The number of carbonyl (C=O) groups is 2. The zero-order valence-corrected chi connectivity index (χ0v) is 12.0. The molecule has 0 aromatic rings. The molecular weight excluding hydrogens is 246 g/mol. The quantitative estimate of drug-likeness (QED) is 0.783. The fourth-order valence-electron chi connectivity index (χ4n) is 2.75. The van der Waals surface area contributed by atoms with Crippen molar-refractivity contribution in [2.75, 3.05) is 27.2 Å². The number of ether oxygens (including phenoxy) is 1. The van der Waals surface area contributed by atoms with E-state index in [1.165, 1.54) is 0 Å². The van der Waals surface area contributed by atoms with Gasteiger partial charge in [0.25, 0.3) is 0 Å². The molecule has 3 unspecified atom stereocenters. The number of urea groups is 1. The normalized spacial score (nSPS) is 29.5. The van der Waals surface area contributed by atoms with Gasteiger partial charge in [-0.3, -0.25) is 4.79 Å². The van der Waals surface area contributed by atoms with E-state index in [0.717, 1.165) is 0 Å². The van der Waals surface area contributed by atoms with E-state index in [0.29, 0.717) is 19.5 Å². The average Bonchev–Trinajstić information content (AvgIpc) is 2.62. The molecule has 108 valence electrons. The third-order valence-electron chi connectivity index (χ3n) is 3.61. The Morgan fingerprint density at radius 3 is 2.58 bits per heavy atom. The maximum Gasteiger partial charge on any atom is 0.317 e. The highest BCUT2D eigenvalue weighted by molar-refractivity contribution is 5.80. The van der Waals surface area contributed by atoms with Crippen LogP contribution >= 0.6 is 0 Å². The molecule has 2 saturated heterocycles. The Hall–Kier alpha value is -1.30. The number of nitrogens with zero attached hydrogens (tertiary/aromatic N) is 2. The summed E-state index contributed by atoms with van der Waals surface area (Å²) in [6.45, 7) is 4.95. The van der Waals surface area contributed by atoms with E-state index in [1.54, 1.807) is 23.9 Å². The molecule has 0 aliphatic carbocycles. The monoisotopic (exact) mass is 269 g/mol. The molecule has 0 aromatic heterocycles. The molecule has 2 aliphatic rings. The molecule has 0 spiro atoms. The first-order chi connectivity index (χ1) is 8.88. The van der Waals surface area contributed by atoms with Crippen molar-refractivity contribution in [2.24, 2.45) is 5.92 Å². The van der Waals surface area contributed by atoms with Crippen LogP contribution in [0.3, 0.4) is 0 Å². The van der Waals surface area contributed by atoms with Gasteiger partial charge >= 0.3 is 6.03 Å². The summed E-state index contributed by atoms with van der Waals surface area (Å²) in [7, 11) is 3.52. The summed E-state index contributed by atoms with van der Waals surface area (Å²) in [5.74, 6) is -0.0181. The summed E-state index contributed by atoms with van der Waals surface area (Å²) < 4.78 is 5.80. The van der Waals surface area contributed by atoms with Gasteiger partial charge in [0, 0.05) is 33.2 Å². The Labute approximate surface area is 114 Å². The molecule has 2 bridgehead atoms. The SMILES string of the molecule is CC(C)NC(=O)N1CC2CC(C(=O)N(C)C)C(C1)O2. The summed E-state index contributed by atoms with van der Waals surface area (Å²) in [5, 5.41) is 2.88. The van der Waals surface area contributed by atoms with Gasteiger partial charge in [-0.25, -0.2) is 4.79 Å². The first-order valence-electron chi connectivity index (χ1n) is 6.80. The van der Waals surface area contributed by atoms with Crippen LogP contribution in [0.15, 0.2) is 0 Å². The van der Waals surface area contributed by atoms with Gasteiger partial charge in [-0.2, -0.15) is 0 Å². The summed E-state index contributed by atoms with van der Waals surface area (Å²) in [5.41, 5.74) is 0. The molecule has 0 saturated carbocycles. The number of morpholine rings is 1. The summed E-state index contributed by atoms with van der Waals surface area (Å²) in [4.78, 5) is 27.4. The molecule has 6 nitrogen and oxygen atoms in total. The van der Waals surface area contributed by atoms with Gasteiger partial charge in [0.1, 0.15) is 0 Å². The lowest BCUT2D eigenvalue weighted by Gasteiger charge is -2.33. The van der Waals surface area contributed by atoms with Crippen molar-refractivity contribution >= 4 is 11.9 Å². The summed E-state index contributed by atoms with van der Waals surface area (Å²) >= 11 is 0. The van der Waals surface area contributed by atoms with Crippen LogP contribution in [0.1, 0.15) is 20.3 Å². The lowest BCUT2D eigenvalue weighted by molar-refractivity contribution is -0.135. The van der Waals surface area contributed by atoms with Crippen molar-refractivity contribution in [3.05, 3.63) is 0 Å². The minimum absolute atomic E-state index is 0.00874. The van der Waals surface area contributed by atoms with Crippen molar-refractivity contribution in [2.45, 2.75) is 38.5 Å². The van der Waals surface area contributed by atoms with Crippen LogP contribution in [-0.2, 0) is 9.53 Å². The Balaban J connectivity index is 1.99. The second-order valence-corrected chi connectivity index (χ2v) is 5.88. The number of amides is 3. The first-order valence-corrected chi connectivity index (χ1v) is 6.80. The molecule has 3 atom stereocenters. The second-order valence-electron chi connectivity index (χ2n) is 5.88. The van der Waals surface area contributed by atoms with E-state index in [2.05, 4.69) is 5.32 Å². The lowest BCUT2D eigenvalue weighted by Crippen LogP contribution is -2.52. The molecule has 2 heterocycles. The standard InChI is InChI=1S/C13H23N3O3/c1-8(2)14-13(18)16-6-9-5-10(11(7-16)19-9)12(17)15(3)4/h8-11H,5-7H2,1-4H3,(H,14,18). The minimum Gasteiger partial charge on any atom is -0.370 e. The Morgan fingerprint density at radius 1 is 1.32 bits per heavy atom. The number of likely N-dealkylation sites (tertiary alicyclic amines) is 1. The smallest absolute Gasteiger partial charge is 0.317 e. The number of rotatable bonds is 2. The predicted octanol–water partition coefficient (Wildman–Crippen LogP) is 0.282. The van der Waals surface area contributed by atoms with Crippen LogP contribution in [0.25, 0.3) is 0 Å². The van der Waals surface area contributed by atoms with Crippen molar-refractivity contribution < 1.29 is 14.3 Å². The van der Waals surface area contributed by atoms with Gasteiger partial charge in [-0.15, -0.1) is 0 Å². The number of nitrogens with one attached hydrogen (secondary N) is 1. The average molecular weight is 269 g/mol. The Morgan fingerprint density at radius 2 is 2.00 bits per heavy atom. The van der Waals surface area contributed by atoms with Gasteiger partial charge in [-0.05, 0) is 20.3 Å². The summed E-state index contributed by atoms with van der Waals surface area (Å²) in [6.07, 6.45) is 0.546. The fourth-order valence-corrected chi connectivity index (χ4v) is 2.75. The topological polar surface area (TPSA) is 61.9 Å². The van der Waals surface area contributed by atoms with E-state index in [1.807, 2.05) is 13.8 Å². The van der Waals surface area contributed by atoms with Crippen molar-refractivity contribution in [3.8, 4) is 0 Å². The fraction of sp³-hybridized carbons (Fsp3) is 0.846. The van der Waals surface area contributed by atoms with E-state index < -0.39 is 0 Å². The second kappa shape index (κ2) is 5.36. The molecule has 1 N–H and O–H groups in total.